The van der Waals surface area contributed by atoms with Crippen LogP contribution in [0.25, 0.3) is 0 Å². The predicted molar refractivity (Wildman–Crippen MR) is 62.0 cm³/mol. The van der Waals surface area contributed by atoms with Crippen molar-refractivity contribution in [3.8, 4) is 0 Å². The van der Waals surface area contributed by atoms with E-state index in [1.54, 1.807) is 0 Å². The predicted octanol–water partition coefficient (Wildman–Crippen LogP) is 5.09. The van der Waals surface area contributed by atoms with Gasteiger partial charge in [0.2, 0.25) is 0 Å². The molecule has 0 aromatic carbocycles. The van der Waals surface area contributed by atoms with Gasteiger partial charge >= 0.3 is 0 Å². The Hall–Kier alpha value is -0.260. The summed E-state index contributed by atoms with van der Waals surface area (Å²) in [5.74, 6) is 0. The molecule has 0 aliphatic heterocycles. The molecule has 0 radical (unpaired) electrons. The zero-order valence-corrected chi connectivity index (χ0v) is 9.15. The Labute approximate surface area is 87.2 Å². The first-order valence-electron chi connectivity index (χ1n) is 6.93. The highest BCUT2D eigenvalue weighted by Gasteiger charge is 1.90. The van der Waals surface area contributed by atoms with Crippen molar-refractivity contribution in [2.45, 2.75) is 71.1 Å². The Kier molecular flexibility index (Phi) is 8.40. The summed E-state index contributed by atoms with van der Waals surface area (Å²) in [5, 5.41) is 0. The summed E-state index contributed by atoms with van der Waals surface area (Å²) in [5.41, 5.74) is 0. The van der Waals surface area contributed by atoms with Crippen molar-refractivity contribution >= 4 is 0 Å². The van der Waals surface area contributed by atoms with Gasteiger partial charge in [-0.25, -0.2) is 0 Å². The van der Waals surface area contributed by atoms with Crippen molar-refractivity contribution in [3.05, 3.63) is 12.6 Å². The molecular formula is C13H26. The first-order chi connectivity index (χ1) is 7.31. The second-order valence-electron chi connectivity index (χ2n) is 3.78. The molecule has 0 nitrogen and oxygen atoms in total. The van der Waals surface area contributed by atoms with E-state index in [0.29, 0.717) is 6.05 Å². The van der Waals surface area contributed by atoms with Crippen molar-refractivity contribution in [2.24, 2.45) is 0 Å². The van der Waals surface area contributed by atoms with E-state index in [1.807, 2.05) is 0 Å². The van der Waals surface area contributed by atoms with E-state index in [1.165, 1.54) is 51.4 Å². The molecular weight excluding hydrogens is 156 g/mol. The van der Waals surface area contributed by atoms with Gasteiger partial charge in [-0.3, -0.25) is 0 Å². The molecule has 0 atom stereocenters. The highest BCUT2D eigenvalue weighted by molar-refractivity contribution is 4.65. The van der Waals surface area contributed by atoms with Crippen LogP contribution in [-0.2, 0) is 0 Å². The zero-order chi connectivity index (χ0) is 11.4. The highest BCUT2D eigenvalue weighted by Crippen LogP contribution is 2.10. The number of hydrogen-bond acceptors (Lipinski definition) is 0. The smallest absolute Gasteiger partial charge is 0.0570 e. The molecule has 0 amide bonds. The summed E-state index contributed by atoms with van der Waals surface area (Å²) in [6, 6.07) is 0.470. The Balaban J connectivity index is 2.99. The molecule has 0 unspecified atom stereocenters. The average Bonchev–Trinajstić information content (AvgIpc) is 2.26. The van der Waals surface area contributed by atoms with Gasteiger partial charge in [0, 0.05) is 0 Å². The van der Waals surface area contributed by atoms with Gasteiger partial charge in [-0.05, 0) is 12.8 Å². The van der Waals surface area contributed by atoms with Gasteiger partial charge in [0.15, 0.2) is 0 Å². The van der Waals surface area contributed by atoms with Crippen LogP contribution in [0.4, 0.5) is 0 Å². The minimum Gasteiger partial charge on any atom is -0.103 e. The first kappa shape index (κ1) is 9.30. The van der Waals surface area contributed by atoms with Gasteiger partial charge in [0.05, 0.1) is 2.74 Å². The van der Waals surface area contributed by atoms with Crippen LogP contribution in [0.2, 0.25) is 0 Å². The normalized spacial score (nSPS) is 14.1. The van der Waals surface area contributed by atoms with Gasteiger partial charge in [-0.1, -0.05) is 64.3 Å². The molecule has 0 aromatic heterocycles. The quantitative estimate of drug-likeness (QED) is 0.327. The molecule has 0 saturated carbocycles. The average molecular weight is 184 g/mol. The fraction of sp³-hybridized carbons (Fsp3) is 0.846. The number of hydrogen-bond donors (Lipinski definition) is 0. The minimum absolute atomic E-state index is 0.470. The van der Waals surface area contributed by atoms with E-state index in [9.17, 15) is 0 Å². The highest BCUT2D eigenvalue weighted by atomic mass is 14.0. The second-order valence-corrected chi connectivity index (χ2v) is 3.78. The second kappa shape index (κ2) is 11.7. The Morgan fingerprint density at radius 2 is 1.54 bits per heavy atom. The lowest BCUT2D eigenvalue weighted by molar-refractivity contribution is 0.566. The lowest BCUT2D eigenvalue weighted by atomic mass is 10.1. The number of rotatable bonds is 10. The van der Waals surface area contributed by atoms with Gasteiger partial charge in [0.1, 0.15) is 0 Å². The van der Waals surface area contributed by atoms with E-state index < -0.39 is 0 Å². The maximum absolute atomic E-state index is 7.29. The third-order valence-corrected chi connectivity index (χ3v) is 2.42. The van der Waals surface area contributed by atoms with Crippen molar-refractivity contribution in [1.29, 1.82) is 0 Å². The van der Waals surface area contributed by atoms with Crippen molar-refractivity contribution in [2.75, 3.05) is 0 Å². The summed E-state index contributed by atoms with van der Waals surface area (Å²) in [4.78, 5) is 0. The van der Waals surface area contributed by atoms with Gasteiger partial charge in [-0.2, -0.15) is 0 Å². The van der Waals surface area contributed by atoms with Crippen LogP contribution in [0.1, 0.15) is 73.9 Å². The molecule has 78 valence electrons. The molecule has 0 aromatic rings. The SMILES string of the molecule is [2H]C=C([2H])CCCCCCCCCCC. The largest absolute Gasteiger partial charge is 0.103 e. The van der Waals surface area contributed by atoms with E-state index in [0.717, 1.165) is 19.4 Å². The van der Waals surface area contributed by atoms with E-state index in [2.05, 4.69) is 6.92 Å². The summed E-state index contributed by atoms with van der Waals surface area (Å²) in [7, 11) is 0. The zero-order valence-electron chi connectivity index (χ0n) is 11.1. The molecule has 0 fully saturated rings. The van der Waals surface area contributed by atoms with Crippen molar-refractivity contribution in [1.82, 2.24) is 0 Å². The Morgan fingerprint density at radius 3 is 2.08 bits per heavy atom. The molecule has 0 aliphatic rings. The molecule has 0 rings (SSSR count). The first-order valence-corrected chi connectivity index (χ1v) is 5.85. The van der Waals surface area contributed by atoms with Crippen LogP contribution < -0.4 is 0 Å². The fourth-order valence-corrected chi connectivity index (χ4v) is 1.54. The molecule has 0 bridgehead atoms. The van der Waals surface area contributed by atoms with E-state index in [-0.39, 0.29) is 0 Å². The number of allylic oxidation sites excluding steroid dienone is 1. The van der Waals surface area contributed by atoms with Crippen LogP contribution in [0.3, 0.4) is 0 Å². The van der Waals surface area contributed by atoms with Crippen LogP contribution in [0, 0.1) is 0 Å². The topological polar surface area (TPSA) is 0 Å². The minimum atomic E-state index is 0.470. The van der Waals surface area contributed by atoms with Crippen LogP contribution in [-0.4, -0.2) is 0 Å². The molecule has 0 heteroatoms. The molecule has 0 saturated heterocycles. The standard InChI is InChI=1S/C13H26/c1-3-5-7-9-11-13-12-10-8-6-4-2/h3H,1,4-13H2,2H3/i1D,3D. The number of unbranched alkanes of at least 4 members (excludes halogenated alkanes) is 8. The Bertz CT molecular complexity index is 153. The summed E-state index contributed by atoms with van der Waals surface area (Å²) in [6.07, 6.45) is 12.6. The third kappa shape index (κ3) is 11.7. The summed E-state index contributed by atoms with van der Waals surface area (Å²) >= 11 is 0. The molecule has 0 heterocycles. The monoisotopic (exact) mass is 184 g/mol. The third-order valence-electron chi connectivity index (χ3n) is 2.42. The molecule has 13 heavy (non-hydrogen) atoms. The Morgan fingerprint density at radius 1 is 1.00 bits per heavy atom. The lowest BCUT2D eigenvalue weighted by Crippen LogP contribution is -1.80. The van der Waals surface area contributed by atoms with Crippen LogP contribution >= 0.6 is 0 Å². The van der Waals surface area contributed by atoms with Crippen LogP contribution in [0.15, 0.2) is 12.6 Å². The summed E-state index contributed by atoms with van der Waals surface area (Å²) < 4.78 is 14.2. The van der Waals surface area contributed by atoms with E-state index >= 15 is 0 Å². The summed E-state index contributed by atoms with van der Waals surface area (Å²) in [6.45, 7) is 3.41. The lowest BCUT2D eigenvalue weighted by Gasteiger charge is -2.00. The van der Waals surface area contributed by atoms with Crippen LogP contribution in [0.5, 0.6) is 0 Å². The molecule has 0 spiro atoms. The molecule has 0 N–H and O–H groups in total. The van der Waals surface area contributed by atoms with Gasteiger partial charge in [-0.15, -0.1) is 6.55 Å². The maximum Gasteiger partial charge on any atom is 0.0570 e. The molecule has 0 aliphatic carbocycles. The van der Waals surface area contributed by atoms with E-state index in [4.69, 9.17) is 2.74 Å². The maximum atomic E-state index is 7.29. The van der Waals surface area contributed by atoms with Gasteiger partial charge in [0.25, 0.3) is 0 Å². The van der Waals surface area contributed by atoms with Gasteiger partial charge < -0.3 is 0 Å². The van der Waals surface area contributed by atoms with Crippen molar-refractivity contribution in [3.63, 3.8) is 0 Å². The van der Waals surface area contributed by atoms with Crippen molar-refractivity contribution < 1.29 is 2.74 Å². The fourth-order valence-electron chi connectivity index (χ4n) is 1.54.